The van der Waals surface area contributed by atoms with Gasteiger partial charge in [-0.15, -0.1) is 0 Å². The van der Waals surface area contributed by atoms with Gasteiger partial charge in [0, 0.05) is 24.9 Å². The van der Waals surface area contributed by atoms with E-state index in [0.29, 0.717) is 56.8 Å². The van der Waals surface area contributed by atoms with Crippen LogP contribution in [-0.2, 0) is 27.2 Å². The van der Waals surface area contributed by atoms with Crippen LogP contribution in [0.2, 0.25) is 0 Å². The highest BCUT2D eigenvalue weighted by Gasteiger charge is 2.38. The summed E-state index contributed by atoms with van der Waals surface area (Å²) in [5.74, 6) is 1.31. The molecule has 0 unspecified atom stereocenters. The van der Waals surface area contributed by atoms with Crippen LogP contribution in [0.4, 0.5) is 0 Å². The molecule has 2 atom stereocenters. The fourth-order valence-electron chi connectivity index (χ4n) is 4.86. The summed E-state index contributed by atoms with van der Waals surface area (Å²) in [6, 6.07) is 14.0. The first-order valence-corrected chi connectivity index (χ1v) is 11.5. The van der Waals surface area contributed by atoms with Crippen LogP contribution in [0.15, 0.2) is 42.5 Å². The summed E-state index contributed by atoms with van der Waals surface area (Å²) in [6.45, 7) is 1.11. The van der Waals surface area contributed by atoms with Gasteiger partial charge < -0.3 is 24.8 Å². The maximum absolute atomic E-state index is 12.7. The molecule has 1 fully saturated rings. The Morgan fingerprint density at radius 3 is 2.73 bits per heavy atom. The van der Waals surface area contributed by atoms with Gasteiger partial charge in [-0.1, -0.05) is 30.3 Å². The van der Waals surface area contributed by atoms with Crippen molar-refractivity contribution in [2.75, 3.05) is 27.4 Å². The van der Waals surface area contributed by atoms with E-state index in [0.717, 1.165) is 17.5 Å². The molecule has 2 aromatic carbocycles. The Morgan fingerprint density at radius 2 is 1.97 bits per heavy atom. The van der Waals surface area contributed by atoms with Crippen molar-refractivity contribution in [2.45, 2.75) is 50.2 Å². The van der Waals surface area contributed by atoms with Crippen LogP contribution in [0.1, 0.15) is 48.5 Å². The summed E-state index contributed by atoms with van der Waals surface area (Å²) < 4.78 is 16.6. The van der Waals surface area contributed by atoms with E-state index in [9.17, 15) is 9.59 Å². The minimum atomic E-state index is -0.442. The Morgan fingerprint density at radius 1 is 1.15 bits per heavy atom. The van der Waals surface area contributed by atoms with Gasteiger partial charge in [-0.2, -0.15) is 0 Å². The topological polar surface area (TPSA) is 85.9 Å². The van der Waals surface area contributed by atoms with Gasteiger partial charge in [-0.05, 0) is 54.5 Å². The number of rotatable bonds is 9. The molecule has 0 aliphatic carbocycles. The molecule has 7 heteroatoms. The summed E-state index contributed by atoms with van der Waals surface area (Å²) in [6.07, 6.45) is 3.49. The quantitative estimate of drug-likeness (QED) is 0.611. The molecule has 0 aromatic heterocycles. The molecule has 1 saturated heterocycles. The molecule has 0 saturated carbocycles. The minimum absolute atomic E-state index is 0.0306. The number of carbonyl (C=O) groups is 2. The second-order valence-electron chi connectivity index (χ2n) is 8.81. The lowest BCUT2D eigenvalue weighted by Crippen LogP contribution is -2.44. The summed E-state index contributed by atoms with van der Waals surface area (Å²) in [5, 5.41) is 6.17. The highest BCUT2D eigenvalue weighted by atomic mass is 16.5. The van der Waals surface area contributed by atoms with Crippen molar-refractivity contribution in [2.24, 2.45) is 0 Å². The molecule has 7 nitrogen and oxygen atoms in total. The van der Waals surface area contributed by atoms with Crippen LogP contribution < -0.4 is 20.1 Å². The van der Waals surface area contributed by atoms with Crippen LogP contribution in [0.5, 0.6) is 11.5 Å². The largest absolute Gasteiger partial charge is 0.493 e. The summed E-state index contributed by atoms with van der Waals surface area (Å²) in [5.41, 5.74) is 3.02. The molecule has 2 amide bonds. The zero-order valence-electron chi connectivity index (χ0n) is 19.3. The maximum atomic E-state index is 12.7. The van der Waals surface area contributed by atoms with Crippen LogP contribution in [0, 0.1) is 0 Å². The molecule has 2 aromatic rings. The lowest BCUT2D eigenvalue weighted by molar-refractivity contribution is -0.123. The van der Waals surface area contributed by atoms with E-state index in [1.54, 1.807) is 14.2 Å². The Hall–Kier alpha value is -3.06. The van der Waals surface area contributed by atoms with Crippen molar-refractivity contribution in [1.82, 2.24) is 10.6 Å². The van der Waals surface area contributed by atoms with Crippen LogP contribution in [0.25, 0.3) is 0 Å². The Kier molecular flexibility index (Phi) is 7.18. The number of benzene rings is 2. The average Bonchev–Trinajstić information content (AvgIpc) is 3.21. The molecule has 2 aliphatic heterocycles. The van der Waals surface area contributed by atoms with E-state index in [2.05, 4.69) is 22.8 Å². The van der Waals surface area contributed by atoms with Gasteiger partial charge in [0.15, 0.2) is 11.5 Å². The average molecular weight is 453 g/mol. The molecule has 0 bridgehead atoms. The van der Waals surface area contributed by atoms with Crippen LogP contribution in [-0.4, -0.2) is 44.7 Å². The molecule has 33 heavy (non-hydrogen) atoms. The molecule has 4 rings (SSSR count). The fraction of sp³-hybridized carbons (Fsp3) is 0.462. The first-order chi connectivity index (χ1) is 16.0. The molecule has 2 heterocycles. The third-order valence-electron chi connectivity index (χ3n) is 6.63. The summed E-state index contributed by atoms with van der Waals surface area (Å²) in [4.78, 5) is 24.8. The van der Waals surface area contributed by atoms with E-state index in [4.69, 9.17) is 14.2 Å². The van der Waals surface area contributed by atoms with E-state index < -0.39 is 5.54 Å². The van der Waals surface area contributed by atoms with Gasteiger partial charge >= 0.3 is 0 Å². The standard InChI is InChI=1S/C26H32N2O5/c1-31-21-8-7-18(15-22(21)32-2)16-26(13-10-25(30)28-26)12-9-24(29)27-17-23-20-6-4-3-5-19(20)11-14-33-23/h3-8,15,23H,9-14,16-17H2,1-2H3,(H,27,29)(H,28,30)/t23-,26-/m0/s1. The highest BCUT2D eigenvalue weighted by molar-refractivity contribution is 5.80. The smallest absolute Gasteiger partial charge is 0.220 e. The van der Waals surface area contributed by atoms with Gasteiger partial charge in [0.2, 0.25) is 11.8 Å². The minimum Gasteiger partial charge on any atom is -0.493 e. The third-order valence-corrected chi connectivity index (χ3v) is 6.63. The zero-order chi connectivity index (χ0) is 23.3. The van der Waals surface area contributed by atoms with Gasteiger partial charge in [-0.3, -0.25) is 9.59 Å². The van der Waals surface area contributed by atoms with Crippen molar-refractivity contribution in [3.8, 4) is 11.5 Å². The Balaban J connectivity index is 1.36. The number of fused-ring (bicyclic) bond motifs is 1. The molecular formula is C26H32N2O5. The van der Waals surface area contributed by atoms with Gasteiger partial charge in [0.1, 0.15) is 6.10 Å². The lowest BCUT2D eigenvalue weighted by atomic mass is 9.85. The van der Waals surface area contributed by atoms with Crippen molar-refractivity contribution >= 4 is 11.8 Å². The van der Waals surface area contributed by atoms with Gasteiger partial charge in [-0.25, -0.2) is 0 Å². The SMILES string of the molecule is COc1ccc(C[C@]2(CCC(=O)NC[C@@H]3OCCc4ccccc43)CCC(=O)N2)cc1OC. The first-order valence-electron chi connectivity index (χ1n) is 11.5. The summed E-state index contributed by atoms with van der Waals surface area (Å²) in [7, 11) is 3.21. The first kappa shape index (κ1) is 23.1. The molecule has 0 radical (unpaired) electrons. The predicted molar refractivity (Wildman–Crippen MR) is 124 cm³/mol. The fourth-order valence-corrected chi connectivity index (χ4v) is 4.86. The van der Waals surface area contributed by atoms with E-state index in [-0.39, 0.29) is 17.9 Å². The lowest BCUT2D eigenvalue weighted by Gasteiger charge is -2.30. The Labute approximate surface area is 194 Å². The number of amides is 2. The van der Waals surface area contributed by atoms with Crippen molar-refractivity contribution < 1.29 is 23.8 Å². The normalized spacial score (nSPS) is 21.8. The number of hydrogen-bond donors (Lipinski definition) is 2. The van der Waals surface area contributed by atoms with Crippen LogP contribution >= 0.6 is 0 Å². The zero-order valence-corrected chi connectivity index (χ0v) is 19.3. The molecule has 2 aliphatic rings. The van der Waals surface area contributed by atoms with E-state index in [1.807, 2.05) is 30.3 Å². The van der Waals surface area contributed by atoms with Gasteiger partial charge in [0.25, 0.3) is 0 Å². The van der Waals surface area contributed by atoms with E-state index >= 15 is 0 Å². The molecule has 0 spiro atoms. The molecule has 176 valence electrons. The third kappa shape index (κ3) is 5.47. The maximum Gasteiger partial charge on any atom is 0.220 e. The molecule has 2 N–H and O–H groups in total. The van der Waals surface area contributed by atoms with Crippen molar-refractivity contribution in [3.05, 3.63) is 59.2 Å². The van der Waals surface area contributed by atoms with Crippen molar-refractivity contribution in [1.29, 1.82) is 0 Å². The number of methoxy groups -OCH3 is 2. The highest BCUT2D eigenvalue weighted by Crippen LogP contribution is 2.33. The molecular weight excluding hydrogens is 420 g/mol. The predicted octanol–water partition coefficient (Wildman–Crippen LogP) is 3.11. The summed E-state index contributed by atoms with van der Waals surface area (Å²) >= 11 is 0. The number of ether oxygens (including phenoxy) is 3. The van der Waals surface area contributed by atoms with Crippen LogP contribution in [0.3, 0.4) is 0 Å². The van der Waals surface area contributed by atoms with Crippen molar-refractivity contribution in [3.63, 3.8) is 0 Å². The number of nitrogens with one attached hydrogen (secondary N) is 2. The number of carbonyl (C=O) groups excluding carboxylic acids is 2. The second kappa shape index (κ2) is 10.3. The van der Waals surface area contributed by atoms with E-state index in [1.165, 1.54) is 5.56 Å². The number of hydrogen-bond acceptors (Lipinski definition) is 5. The second-order valence-corrected chi connectivity index (χ2v) is 8.81. The van der Waals surface area contributed by atoms with Gasteiger partial charge in [0.05, 0.1) is 20.8 Å². The Bertz CT molecular complexity index is 1010. The monoisotopic (exact) mass is 452 g/mol.